The SMILES string of the molecule is CCC1CCc2[nH]c([C@H](CC)NC(=O)OC(C)(C)C)nc21. The molecule has 118 valence electrons. The number of fused-ring (bicyclic) bond motifs is 1. The number of amides is 1. The molecule has 0 saturated heterocycles. The highest BCUT2D eigenvalue weighted by Crippen LogP contribution is 2.34. The maximum atomic E-state index is 11.9. The van der Waals surface area contributed by atoms with Crippen LogP contribution < -0.4 is 5.32 Å². The number of rotatable bonds is 4. The molecule has 1 aliphatic carbocycles. The maximum absolute atomic E-state index is 11.9. The van der Waals surface area contributed by atoms with E-state index in [9.17, 15) is 4.79 Å². The zero-order valence-corrected chi connectivity index (χ0v) is 13.7. The number of hydrogen-bond donors (Lipinski definition) is 2. The summed E-state index contributed by atoms with van der Waals surface area (Å²) in [6, 6.07) is -0.122. The quantitative estimate of drug-likeness (QED) is 0.886. The number of aryl methyl sites for hydroxylation is 1. The van der Waals surface area contributed by atoms with Gasteiger partial charge in [0.15, 0.2) is 0 Å². The molecule has 0 spiro atoms. The Morgan fingerprint density at radius 1 is 1.48 bits per heavy atom. The molecule has 2 rings (SSSR count). The fourth-order valence-corrected chi connectivity index (χ4v) is 2.80. The summed E-state index contributed by atoms with van der Waals surface area (Å²) in [6.07, 6.45) is 3.75. The first kappa shape index (κ1) is 15.9. The van der Waals surface area contributed by atoms with E-state index in [-0.39, 0.29) is 6.04 Å². The van der Waals surface area contributed by atoms with Crippen molar-refractivity contribution in [2.45, 2.75) is 77.9 Å². The first-order valence-electron chi connectivity index (χ1n) is 7.92. The maximum Gasteiger partial charge on any atom is 0.408 e. The van der Waals surface area contributed by atoms with E-state index in [2.05, 4.69) is 17.2 Å². The van der Waals surface area contributed by atoms with E-state index in [1.54, 1.807) is 0 Å². The summed E-state index contributed by atoms with van der Waals surface area (Å²) in [5.41, 5.74) is 1.94. The fourth-order valence-electron chi connectivity index (χ4n) is 2.80. The lowest BCUT2D eigenvalue weighted by Gasteiger charge is -2.22. The van der Waals surface area contributed by atoms with Crippen molar-refractivity contribution in [2.24, 2.45) is 0 Å². The number of aromatic amines is 1. The number of alkyl carbamates (subject to hydrolysis) is 1. The summed E-state index contributed by atoms with van der Waals surface area (Å²) in [4.78, 5) is 20.1. The summed E-state index contributed by atoms with van der Waals surface area (Å²) in [5, 5.41) is 2.91. The van der Waals surface area contributed by atoms with E-state index < -0.39 is 11.7 Å². The van der Waals surface area contributed by atoms with Crippen LogP contribution in [0.5, 0.6) is 0 Å². The molecule has 21 heavy (non-hydrogen) atoms. The minimum atomic E-state index is -0.486. The van der Waals surface area contributed by atoms with Gasteiger partial charge in [0.2, 0.25) is 0 Å². The van der Waals surface area contributed by atoms with Crippen LogP contribution >= 0.6 is 0 Å². The molecule has 1 amide bonds. The van der Waals surface area contributed by atoms with Crippen molar-refractivity contribution < 1.29 is 9.53 Å². The van der Waals surface area contributed by atoms with Gasteiger partial charge in [-0.2, -0.15) is 0 Å². The van der Waals surface area contributed by atoms with Gasteiger partial charge in [-0.3, -0.25) is 0 Å². The van der Waals surface area contributed by atoms with Crippen LogP contribution in [0.15, 0.2) is 0 Å². The average molecular weight is 293 g/mol. The normalized spacial score (nSPS) is 19.2. The van der Waals surface area contributed by atoms with Gasteiger partial charge in [-0.25, -0.2) is 9.78 Å². The highest BCUT2D eigenvalue weighted by molar-refractivity contribution is 5.68. The largest absolute Gasteiger partial charge is 0.444 e. The second kappa shape index (κ2) is 6.08. The Bertz CT molecular complexity index is 502. The van der Waals surface area contributed by atoms with Gasteiger partial charge in [0, 0.05) is 11.6 Å². The lowest BCUT2D eigenvalue weighted by molar-refractivity contribution is 0.0500. The van der Waals surface area contributed by atoms with Crippen molar-refractivity contribution in [3.05, 3.63) is 17.2 Å². The van der Waals surface area contributed by atoms with Crippen LogP contribution in [0, 0.1) is 0 Å². The summed E-state index contributed by atoms with van der Waals surface area (Å²) >= 11 is 0. The van der Waals surface area contributed by atoms with Crippen molar-refractivity contribution in [1.82, 2.24) is 15.3 Å². The van der Waals surface area contributed by atoms with E-state index >= 15 is 0 Å². The van der Waals surface area contributed by atoms with Crippen LogP contribution in [0.3, 0.4) is 0 Å². The third-order valence-electron chi connectivity index (χ3n) is 3.88. The number of imidazole rings is 1. The number of nitrogens with one attached hydrogen (secondary N) is 2. The molecule has 0 radical (unpaired) electrons. The third-order valence-corrected chi connectivity index (χ3v) is 3.88. The average Bonchev–Trinajstić information content (AvgIpc) is 2.93. The smallest absolute Gasteiger partial charge is 0.408 e. The molecule has 1 aromatic heterocycles. The van der Waals surface area contributed by atoms with Gasteiger partial charge in [-0.05, 0) is 46.5 Å². The van der Waals surface area contributed by atoms with Gasteiger partial charge in [-0.15, -0.1) is 0 Å². The van der Waals surface area contributed by atoms with Crippen LogP contribution in [0.2, 0.25) is 0 Å². The Kier molecular flexibility index (Phi) is 4.59. The molecule has 0 aromatic carbocycles. The molecule has 0 bridgehead atoms. The molecule has 0 saturated carbocycles. The lowest BCUT2D eigenvalue weighted by atomic mass is 10.1. The second-order valence-corrected chi connectivity index (χ2v) is 6.74. The van der Waals surface area contributed by atoms with Crippen molar-refractivity contribution in [3.63, 3.8) is 0 Å². The van der Waals surface area contributed by atoms with E-state index in [0.717, 1.165) is 25.1 Å². The first-order chi connectivity index (χ1) is 9.84. The van der Waals surface area contributed by atoms with Crippen molar-refractivity contribution in [3.8, 4) is 0 Å². The Morgan fingerprint density at radius 2 is 2.19 bits per heavy atom. The van der Waals surface area contributed by atoms with E-state index in [0.29, 0.717) is 5.92 Å². The molecule has 2 atom stereocenters. The number of carbonyl (C=O) groups excluding carboxylic acids is 1. The van der Waals surface area contributed by atoms with E-state index in [1.165, 1.54) is 17.8 Å². The van der Waals surface area contributed by atoms with E-state index in [4.69, 9.17) is 9.72 Å². The van der Waals surface area contributed by atoms with Crippen LogP contribution in [0.25, 0.3) is 0 Å². The minimum absolute atomic E-state index is 0.122. The molecule has 0 fully saturated rings. The number of aromatic nitrogens is 2. The third kappa shape index (κ3) is 3.77. The number of H-pyrrole nitrogens is 1. The van der Waals surface area contributed by atoms with E-state index in [1.807, 2.05) is 27.7 Å². The fraction of sp³-hybridized carbons (Fsp3) is 0.750. The molecular weight excluding hydrogens is 266 g/mol. The summed E-state index contributed by atoms with van der Waals surface area (Å²) in [7, 11) is 0. The number of ether oxygens (including phenoxy) is 1. The minimum Gasteiger partial charge on any atom is -0.444 e. The molecule has 0 aliphatic heterocycles. The zero-order valence-electron chi connectivity index (χ0n) is 13.7. The van der Waals surface area contributed by atoms with Gasteiger partial charge >= 0.3 is 6.09 Å². The molecule has 1 unspecified atom stereocenters. The molecular formula is C16H27N3O2. The number of nitrogens with zero attached hydrogens (tertiary/aromatic N) is 1. The summed E-state index contributed by atoms with van der Waals surface area (Å²) in [6.45, 7) is 9.82. The van der Waals surface area contributed by atoms with Crippen molar-refractivity contribution in [2.75, 3.05) is 0 Å². The van der Waals surface area contributed by atoms with Gasteiger partial charge in [0.25, 0.3) is 0 Å². The Morgan fingerprint density at radius 3 is 2.76 bits per heavy atom. The zero-order chi connectivity index (χ0) is 15.6. The van der Waals surface area contributed by atoms with Crippen molar-refractivity contribution in [1.29, 1.82) is 0 Å². The summed E-state index contributed by atoms with van der Waals surface area (Å²) in [5.74, 6) is 1.41. The predicted molar refractivity (Wildman–Crippen MR) is 82.3 cm³/mol. The Labute approximate surface area is 126 Å². The Hall–Kier alpha value is -1.52. The van der Waals surface area contributed by atoms with Crippen LogP contribution in [-0.4, -0.2) is 21.7 Å². The highest BCUT2D eigenvalue weighted by atomic mass is 16.6. The van der Waals surface area contributed by atoms with Crippen LogP contribution in [-0.2, 0) is 11.2 Å². The molecule has 5 heteroatoms. The molecule has 5 nitrogen and oxygen atoms in total. The van der Waals surface area contributed by atoms with Gasteiger partial charge in [0.1, 0.15) is 11.4 Å². The molecule has 1 aliphatic rings. The van der Waals surface area contributed by atoms with Crippen molar-refractivity contribution >= 4 is 6.09 Å². The standard InChI is InChI=1S/C16H27N3O2/c1-6-10-8-9-12-13(10)19-14(17-12)11(7-2)18-15(20)21-16(3,4)5/h10-11H,6-9H2,1-5H3,(H,17,19)(H,18,20)/t10?,11-/m0/s1. The highest BCUT2D eigenvalue weighted by Gasteiger charge is 2.28. The number of hydrogen-bond acceptors (Lipinski definition) is 3. The van der Waals surface area contributed by atoms with Gasteiger partial charge in [0.05, 0.1) is 11.7 Å². The molecule has 1 heterocycles. The molecule has 2 N–H and O–H groups in total. The topological polar surface area (TPSA) is 67.0 Å². The van der Waals surface area contributed by atoms with Crippen LogP contribution in [0.1, 0.15) is 83.1 Å². The first-order valence-corrected chi connectivity index (χ1v) is 7.92. The summed E-state index contributed by atoms with van der Waals surface area (Å²) < 4.78 is 5.32. The van der Waals surface area contributed by atoms with Crippen LogP contribution in [0.4, 0.5) is 4.79 Å². The Balaban J connectivity index is 2.07. The second-order valence-electron chi connectivity index (χ2n) is 6.74. The monoisotopic (exact) mass is 293 g/mol. The lowest BCUT2D eigenvalue weighted by Crippen LogP contribution is -2.35. The predicted octanol–water partition coefficient (Wildman–Crippen LogP) is 3.83. The molecule has 1 aromatic rings. The van der Waals surface area contributed by atoms with Gasteiger partial charge in [-0.1, -0.05) is 13.8 Å². The number of carbonyl (C=O) groups is 1. The van der Waals surface area contributed by atoms with Gasteiger partial charge < -0.3 is 15.0 Å².